The number of thiophene rings is 1. The van der Waals surface area contributed by atoms with Crippen molar-refractivity contribution in [1.29, 1.82) is 0 Å². The molecular weight excluding hydrogens is 368 g/mol. The van der Waals surface area contributed by atoms with Gasteiger partial charge in [0, 0.05) is 11.4 Å². The van der Waals surface area contributed by atoms with Crippen LogP contribution in [0.5, 0.6) is 0 Å². The van der Waals surface area contributed by atoms with Gasteiger partial charge < -0.3 is 5.32 Å². The molecule has 140 valence electrons. The van der Waals surface area contributed by atoms with E-state index in [1.54, 1.807) is 36.5 Å². The van der Waals surface area contributed by atoms with Crippen LogP contribution in [0.3, 0.4) is 0 Å². The number of likely N-dealkylation sites (tertiary alicyclic amines) is 1. The maximum absolute atomic E-state index is 12.7. The third kappa shape index (κ3) is 4.16. The number of amides is 1. The molecule has 0 aliphatic carbocycles. The SMILES string of the molecule is CCS(=O)(=O)c1ccccc1C(=O)NC[C@H](c1cccs1)N1CCCC1. The Hall–Kier alpha value is -1.70. The minimum absolute atomic E-state index is 0.0249. The molecule has 0 radical (unpaired) electrons. The van der Waals surface area contributed by atoms with E-state index in [1.165, 1.54) is 23.8 Å². The van der Waals surface area contributed by atoms with Gasteiger partial charge >= 0.3 is 0 Å². The van der Waals surface area contributed by atoms with Gasteiger partial charge in [-0.3, -0.25) is 9.69 Å². The molecule has 3 rings (SSSR count). The number of nitrogens with zero attached hydrogens (tertiary/aromatic N) is 1. The van der Waals surface area contributed by atoms with E-state index in [-0.39, 0.29) is 28.2 Å². The van der Waals surface area contributed by atoms with Crippen LogP contribution < -0.4 is 5.32 Å². The molecule has 1 amide bonds. The number of hydrogen-bond donors (Lipinski definition) is 1. The quantitative estimate of drug-likeness (QED) is 0.786. The minimum Gasteiger partial charge on any atom is -0.350 e. The maximum Gasteiger partial charge on any atom is 0.252 e. The van der Waals surface area contributed by atoms with Crippen molar-refractivity contribution in [2.45, 2.75) is 30.7 Å². The summed E-state index contributed by atoms with van der Waals surface area (Å²) in [5.41, 5.74) is 0.223. The van der Waals surface area contributed by atoms with Crippen molar-refractivity contribution in [3.63, 3.8) is 0 Å². The van der Waals surface area contributed by atoms with Gasteiger partial charge in [0.25, 0.3) is 5.91 Å². The second-order valence-corrected chi connectivity index (χ2v) is 9.61. The fourth-order valence-electron chi connectivity index (χ4n) is 3.31. The molecule has 1 aromatic heterocycles. The molecule has 5 nitrogen and oxygen atoms in total. The fourth-order valence-corrected chi connectivity index (χ4v) is 5.26. The van der Waals surface area contributed by atoms with E-state index in [9.17, 15) is 13.2 Å². The lowest BCUT2D eigenvalue weighted by molar-refractivity contribution is 0.0935. The van der Waals surface area contributed by atoms with Crippen molar-refractivity contribution in [3.8, 4) is 0 Å². The highest BCUT2D eigenvalue weighted by molar-refractivity contribution is 7.91. The summed E-state index contributed by atoms with van der Waals surface area (Å²) < 4.78 is 24.5. The molecule has 2 aromatic rings. The average molecular weight is 393 g/mol. The van der Waals surface area contributed by atoms with Gasteiger partial charge in [0.1, 0.15) is 0 Å². The second-order valence-electron chi connectivity index (χ2n) is 6.38. The van der Waals surface area contributed by atoms with Gasteiger partial charge in [-0.1, -0.05) is 25.1 Å². The fraction of sp³-hybridized carbons (Fsp3) is 0.421. The van der Waals surface area contributed by atoms with Gasteiger partial charge in [-0.25, -0.2) is 8.42 Å². The lowest BCUT2D eigenvalue weighted by Crippen LogP contribution is -2.36. The zero-order chi connectivity index (χ0) is 18.6. The molecule has 1 atom stereocenters. The Morgan fingerprint density at radius 2 is 1.92 bits per heavy atom. The Bertz CT molecular complexity index is 841. The zero-order valence-corrected chi connectivity index (χ0v) is 16.5. The normalized spacial score (nSPS) is 16.5. The molecule has 0 saturated carbocycles. The molecule has 1 saturated heterocycles. The standard InChI is InChI=1S/C19H24N2O3S2/c1-2-26(23,24)18-10-4-3-8-15(18)19(22)20-14-16(17-9-7-13-25-17)21-11-5-6-12-21/h3-4,7-10,13,16H,2,5-6,11-12,14H2,1H3,(H,20,22)/t16-/m1/s1. The van der Waals surface area contributed by atoms with E-state index in [1.807, 2.05) is 11.4 Å². The molecule has 0 unspecified atom stereocenters. The first kappa shape index (κ1) is 19.1. The van der Waals surface area contributed by atoms with Crippen LogP contribution in [0.15, 0.2) is 46.7 Å². The van der Waals surface area contributed by atoms with Crippen molar-refractivity contribution in [1.82, 2.24) is 10.2 Å². The van der Waals surface area contributed by atoms with Gasteiger partial charge in [0.2, 0.25) is 0 Å². The Morgan fingerprint density at radius 3 is 2.58 bits per heavy atom. The highest BCUT2D eigenvalue weighted by Gasteiger charge is 2.26. The summed E-state index contributed by atoms with van der Waals surface area (Å²) in [5.74, 6) is -0.360. The van der Waals surface area contributed by atoms with E-state index < -0.39 is 9.84 Å². The van der Waals surface area contributed by atoms with Crippen LogP contribution in [0.1, 0.15) is 41.0 Å². The van der Waals surface area contributed by atoms with Crippen LogP contribution in [0, 0.1) is 0 Å². The topological polar surface area (TPSA) is 66.5 Å². The van der Waals surface area contributed by atoms with Gasteiger partial charge in [-0.05, 0) is 49.5 Å². The Balaban J connectivity index is 1.77. The van der Waals surface area contributed by atoms with Crippen molar-refractivity contribution in [3.05, 3.63) is 52.2 Å². The highest BCUT2D eigenvalue weighted by Crippen LogP contribution is 2.28. The van der Waals surface area contributed by atoms with Crippen LogP contribution in [0.4, 0.5) is 0 Å². The van der Waals surface area contributed by atoms with Gasteiger partial charge in [0.05, 0.1) is 22.3 Å². The molecule has 1 N–H and O–H groups in total. The first-order valence-corrected chi connectivity index (χ1v) is 11.4. The summed E-state index contributed by atoms with van der Waals surface area (Å²) in [6.45, 7) is 4.11. The number of nitrogens with one attached hydrogen (secondary N) is 1. The number of sulfone groups is 1. The monoisotopic (exact) mass is 392 g/mol. The number of carbonyl (C=O) groups excluding carboxylic acids is 1. The molecule has 7 heteroatoms. The largest absolute Gasteiger partial charge is 0.350 e. The molecule has 1 aromatic carbocycles. The van der Waals surface area contributed by atoms with Gasteiger partial charge in [0.15, 0.2) is 9.84 Å². The molecule has 1 aliphatic heterocycles. The van der Waals surface area contributed by atoms with Crippen molar-refractivity contribution < 1.29 is 13.2 Å². The number of rotatable bonds is 7. The molecule has 26 heavy (non-hydrogen) atoms. The second kappa shape index (κ2) is 8.33. The van der Waals surface area contributed by atoms with Crippen molar-refractivity contribution in [2.24, 2.45) is 0 Å². The average Bonchev–Trinajstić information content (AvgIpc) is 3.36. The molecule has 0 bridgehead atoms. The van der Waals surface area contributed by atoms with Crippen molar-refractivity contribution in [2.75, 3.05) is 25.4 Å². The predicted octanol–water partition coefficient (Wildman–Crippen LogP) is 3.11. The summed E-state index contributed by atoms with van der Waals surface area (Å²) in [5, 5.41) is 5.01. The first-order chi connectivity index (χ1) is 12.5. The predicted molar refractivity (Wildman–Crippen MR) is 104 cm³/mol. The number of hydrogen-bond acceptors (Lipinski definition) is 5. The van der Waals surface area contributed by atoms with Crippen LogP contribution >= 0.6 is 11.3 Å². The van der Waals surface area contributed by atoms with Crippen LogP contribution in [0.25, 0.3) is 0 Å². The summed E-state index contributed by atoms with van der Waals surface area (Å²) in [6.07, 6.45) is 2.35. The summed E-state index contributed by atoms with van der Waals surface area (Å²) >= 11 is 1.69. The summed E-state index contributed by atoms with van der Waals surface area (Å²) in [6, 6.07) is 10.7. The smallest absolute Gasteiger partial charge is 0.252 e. The van der Waals surface area contributed by atoms with Gasteiger partial charge in [-0.2, -0.15) is 0 Å². The molecule has 1 aliphatic rings. The minimum atomic E-state index is -3.44. The summed E-state index contributed by atoms with van der Waals surface area (Å²) in [4.78, 5) is 16.4. The number of benzene rings is 1. The van der Waals surface area contributed by atoms with Crippen LogP contribution in [-0.2, 0) is 9.84 Å². The molecule has 1 fully saturated rings. The first-order valence-electron chi connectivity index (χ1n) is 8.90. The lowest BCUT2D eigenvalue weighted by atomic mass is 10.1. The Labute approximate surface area is 159 Å². The molecule has 0 spiro atoms. The van der Waals surface area contributed by atoms with E-state index in [0.717, 1.165) is 13.1 Å². The molecular formula is C19H24N2O3S2. The molecule has 2 heterocycles. The van der Waals surface area contributed by atoms with E-state index in [0.29, 0.717) is 6.54 Å². The Morgan fingerprint density at radius 1 is 1.19 bits per heavy atom. The van der Waals surface area contributed by atoms with E-state index in [4.69, 9.17) is 0 Å². The number of carbonyl (C=O) groups is 1. The Kier molecular flexibility index (Phi) is 6.11. The van der Waals surface area contributed by atoms with Gasteiger partial charge in [-0.15, -0.1) is 11.3 Å². The third-order valence-electron chi connectivity index (χ3n) is 4.76. The van der Waals surface area contributed by atoms with Crippen LogP contribution in [0.2, 0.25) is 0 Å². The summed E-state index contributed by atoms with van der Waals surface area (Å²) in [7, 11) is -3.44. The lowest BCUT2D eigenvalue weighted by Gasteiger charge is -2.27. The highest BCUT2D eigenvalue weighted by atomic mass is 32.2. The third-order valence-corrected chi connectivity index (χ3v) is 7.52. The van der Waals surface area contributed by atoms with E-state index in [2.05, 4.69) is 16.3 Å². The maximum atomic E-state index is 12.7. The van der Waals surface area contributed by atoms with E-state index >= 15 is 0 Å². The van der Waals surface area contributed by atoms with Crippen LogP contribution in [-0.4, -0.2) is 44.6 Å². The van der Waals surface area contributed by atoms with Crippen molar-refractivity contribution >= 4 is 27.1 Å². The zero-order valence-electron chi connectivity index (χ0n) is 14.8.